The number of methoxy groups -OCH3 is 1. The molecule has 6 heteroatoms. The van der Waals surface area contributed by atoms with Gasteiger partial charge in [0.25, 0.3) is 0 Å². The molecule has 0 bridgehead atoms. The minimum atomic E-state index is -3.45. The van der Waals surface area contributed by atoms with Crippen LogP contribution in [0.1, 0.15) is 20.3 Å². The summed E-state index contributed by atoms with van der Waals surface area (Å²) in [4.78, 5) is 0.0797. The number of hydrogen-bond donors (Lipinski definition) is 1. The van der Waals surface area contributed by atoms with E-state index in [1.165, 1.54) is 12.1 Å². The van der Waals surface area contributed by atoms with Crippen LogP contribution in [0, 0.1) is 0 Å². The van der Waals surface area contributed by atoms with Gasteiger partial charge in [0.1, 0.15) is 0 Å². The van der Waals surface area contributed by atoms with Crippen molar-refractivity contribution in [2.75, 3.05) is 18.6 Å². The number of nitrogens with two attached hydrogens (primary N) is 1. The summed E-state index contributed by atoms with van der Waals surface area (Å²) in [6.07, 6.45) is 0.386. The number of hydrogen-bond acceptors (Lipinski definition) is 4. The molecule has 0 spiro atoms. The van der Waals surface area contributed by atoms with Crippen LogP contribution in [-0.2, 0) is 14.6 Å². The van der Waals surface area contributed by atoms with Crippen molar-refractivity contribution in [2.45, 2.75) is 30.8 Å². The fourth-order valence-electron chi connectivity index (χ4n) is 1.35. The minimum absolute atomic E-state index is 0.0307. The molecule has 0 aliphatic rings. The minimum Gasteiger partial charge on any atom is -0.399 e. The lowest BCUT2D eigenvalue weighted by Gasteiger charge is -2.22. The molecule has 0 atom stereocenters. The maximum absolute atomic E-state index is 12.2. The molecule has 1 rings (SSSR count). The molecule has 4 nitrogen and oxygen atoms in total. The van der Waals surface area contributed by atoms with Gasteiger partial charge in [-0.2, -0.15) is 0 Å². The van der Waals surface area contributed by atoms with Gasteiger partial charge in [-0.15, -0.1) is 0 Å². The first kappa shape index (κ1) is 15.3. The molecule has 0 aliphatic heterocycles. The van der Waals surface area contributed by atoms with Crippen LogP contribution in [-0.4, -0.2) is 26.9 Å². The Morgan fingerprint density at radius 3 is 2.56 bits per heavy atom. The van der Waals surface area contributed by atoms with Gasteiger partial charge < -0.3 is 10.5 Å². The van der Waals surface area contributed by atoms with Crippen LogP contribution < -0.4 is 5.73 Å². The highest BCUT2D eigenvalue weighted by molar-refractivity contribution is 7.91. The van der Waals surface area contributed by atoms with Crippen molar-refractivity contribution in [3.63, 3.8) is 0 Å². The zero-order valence-electron chi connectivity index (χ0n) is 10.7. The first-order chi connectivity index (χ1) is 8.18. The third kappa shape index (κ3) is 3.86. The second-order valence-electron chi connectivity index (χ2n) is 4.72. The molecule has 102 valence electrons. The van der Waals surface area contributed by atoms with Gasteiger partial charge in [0, 0.05) is 12.8 Å². The molecule has 0 unspecified atom stereocenters. The van der Waals surface area contributed by atoms with Gasteiger partial charge in [0.2, 0.25) is 0 Å². The lowest BCUT2D eigenvalue weighted by molar-refractivity contribution is 0.0203. The average Bonchev–Trinajstić information content (AvgIpc) is 2.30. The molecule has 0 saturated carbocycles. The molecule has 2 N–H and O–H groups in total. The summed E-state index contributed by atoms with van der Waals surface area (Å²) in [5.41, 5.74) is 5.48. The summed E-state index contributed by atoms with van der Waals surface area (Å²) in [5, 5.41) is 0.194. The van der Waals surface area contributed by atoms with Gasteiger partial charge in [-0.25, -0.2) is 8.42 Å². The lowest BCUT2D eigenvalue weighted by Crippen LogP contribution is -2.26. The van der Waals surface area contributed by atoms with E-state index in [0.29, 0.717) is 12.1 Å². The van der Waals surface area contributed by atoms with Gasteiger partial charge in [0.15, 0.2) is 9.84 Å². The van der Waals surface area contributed by atoms with Crippen LogP contribution >= 0.6 is 11.6 Å². The Morgan fingerprint density at radius 2 is 2.00 bits per heavy atom. The van der Waals surface area contributed by atoms with E-state index in [1.54, 1.807) is 13.2 Å². The number of sulfone groups is 1. The second-order valence-corrected chi connectivity index (χ2v) is 7.21. The summed E-state index contributed by atoms with van der Waals surface area (Å²) in [7, 11) is -1.89. The largest absolute Gasteiger partial charge is 0.399 e. The molecule has 1 aromatic rings. The molecule has 0 fully saturated rings. The summed E-state index contributed by atoms with van der Waals surface area (Å²) < 4.78 is 29.5. The Morgan fingerprint density at radius 1 is 1.39 bits per heavy atom. The van der Waals surface area contributed by atoms with Gasteiger partial charge >= 0.3 is 0 Å². The summed E-state index contributed by atoms with van der Waals surface area (Å²) in [6, 6.07) is 4.45. The van der Waals surface area contributed by atoms with Crippen molar-refractivity contribution in [1.29, 1.82) is 0 Å². The third-order valence-electron chi connectivity index (χ3n) is 2.82. The van der Waals surface area contributed by atoms with E-state index in [2.05, 4.69) is 0 Å². The molecular weight excluding hydrogens is 274 g/mol. The van der Waals surface area contributed by atoms with Gasteiger partial charge in [-0.1, -0.05) is 11.6 Å². The van der Waals surface area contributed by atoms with E-state index < -0.39 is 15.4 Å². The topological polar surface area (TPSA) is 69.4 Å². The number of rotatable bonds is 5. The number of halogens is 1. The number of ether oxygens (including phenoxy) is 1. The fraction of sp³-hybridized carbons (Fsp3) is 0.500. The molecule has 1 aromatic carbocycles. The van der Waals surface area contributed by atoms with E-state index in [1.807, 2.05) is 13.8 Å². The highest BCUT2D eigenvalue weighted by atomic mass is 35.5. The van der Waals surface area contributed by atoms with Crippen molar-refractivity contribution < 1.29 is 13.2 Å². The van der Waals surface area contributed by atoms with E-state index in [0.717, 1.165) is 0 Å². The molecule has 18 heavy (non-hydrogen) atoms. The number of anilines is 1. The average molecular weight is 292 g/mol. The monoisotopic (exact) mass is 291 g/mol. The van der Waals surface area contributed by atoms with Crippen molar-refractivity contribution in [1.82, 2.24) is 0 Å². The smallest absolute Gasteiger partial charge is 0.180 e. The Hall–Kier alpha value is -0.780. The van der Waals surface area contributed by atoms with E-state index in [4.69, 9.17) is 22.1 Å². The predicted molar refractivity (Wildman–Crippen MR) is 73.6 cm³/mol. The van der Waals surface area contributed by atoms with Crippen LogP contribution in [0.2, 0.25) is 5.02 Å². The predicted octanol–water partition coefficient (Wildman–Crippen LogP) is 2.51. The zero-order valence-corrected chi connectivity index (χ0v) is 12.3. The van der Waals surface area contributed by atoms with E-state index in [9.17, 15) is 8.42 Å². The molecule has 0 aromatic heterocycles. The second kappa shape index (κ2) is 5.47. The maximum Gasteiger partial charge on any atom is 0.180 e. The van der Waals surface area contributed by atoms with E-state index in [-0.39, 0.29) is 15.7 Å². The first-order valence-electron chi connectivity index (χ1n) is 5.51. The maximum atomic E-state index is 12.2. The first-order valence-corrected chi connectivity index (χ1v) is 7.54. The molecule has 0 amide bonds. The van der Waals surface area contributed by atoms with Gasteiger partial charge in [0.05, 0.1) is 21.3 Å². The summed E-state index contributed by atoms with van der Waals surface area (Å²) in [5.74, 6) is -0.0307. The Kier molecular flexibility index (Phi) is 4.64. The Bertz CT molecular complexity index is 526. The molecular formula is C12H18ClNO3S. The Labute approximate surface area is 113 Å². The van der Waals surface area contributed by atoms with Crippen LogP contribution in [0.15, 0.2) is 23.1 Å². The third-order valence-corrected chi connectivity index (χ3v) is 5.01. The lowest BCUT2D eigenvalue weighted by atomic mass is 10.1. The molecule has 0 saturated heterocycles. The summed E-state index contributed by atoms with van der Waals surface area (Å²) >= 11 is 5.90. The SMILES string of the molecule is COC(C)(C)CCS(=O)(=O)c1cc(N)ccc1Cl. The molecule has 0 radical (unpaired) electrons. The van der Waals surface area contributed by atoms with Crippen LogP contribution in [0.4, 0.5) is 5.69 Å². The fourth-order valence-corrected chi connectivity index (χ4v) is 3.48. The highest BCUT2D eigenvalue weighted by Gasteiger charge is 2.24. The van der Waals surface area contributed by atoms with Crippen molar-refractivity contribution in [2.24, 2.45) is 0 Å². The quantitative estimate of drug-likeness (QED) is 0.846. The number of benzene rings is 1. The number of nitrogen functional groups attached to an aromatic ring is 1. The molecule has 0 heterocycles. The zero-order chi connectivity index (χ0) is 14.0. The Balaban J connectivity index is 2.97. The van der Waals surface area contributed by atoms with E-state index >= 15 is 0 Å². The van der Waals surface area contributed by atoms with Crippen LogP contribution in [0.5, 0.6) is 0 Å². The van der Waals surface area contributed by atoms with Crippen molar-refractivity contribution in [3.8, 4) is 0 Å². The summed E-state index contributed by atoms with van der Waals surface area (Å²) in [6.45, 7) is 3.67. The normalized spacial score (nSPS) is 12.7. The highest BCUT2D eigenvalue weighted by Crippen LogP contribution is 2.26. The van der Waals surface area contributed by atoms with Crippen LogP contribution in [0.25, 0.3) is 0 Å². The van der Waals surface area contributed by atoms with Crippen molar-refractivity contribution >= 4 is 27.1 Å². The molecule has 0 aliphatic carbocycles. The van der Waals surface area contributed by atoms with Crippen LogP contribution in [0.3, 0.4) is 0 Å². The van der Waals surface area contributed by atoms with Gasteiger partial charge in [-0.3, -0.25) is 0 Å². The van der Waals surface area contributed by atoms with Gasteiger partial charge in [-0.05, 0) is 38.5 Å². The van der Waals surface area contributed by atoms with Crippen molar-refractivity contribution in [3.05, 3.63) is 23.2 Å². The standard InChI is InChI=1S/C12H18ClNO3S/c1-12(2,17-3)6-7-18(15,16)11-8-9(14)4-5-10(11)13/h4-5,8H,6-7,14H2,1-3H3.